The molecule has 1 amide bonds. The molecule has 1 atom stereocenters. The second kappa shape index (κ2) is 8.87. The van der Waals surface area contributed by atoms with Gasteiger partial charge in [-0.15, -0.1) is 22.0 Å². The molecule has 2 heterocycles. The van der Waals surface area contributed by atoms with Gasteiger partial charge in [0.2, 0.25) is 5.91 Å². The number of carbonyl (C=O) groups is 1. The van der Waals surface area contributed by atoms with Crippen molar-refractivity contribution in [3.8, 4) is 11.4 Å². The molecule has 29 heavy (non-hydrogen) atoms. The molecule has 3 aromatic rings. The summed E-state index contributed by atoms with van der Waals surface area (Å²) in [6, 6.07) is 14.2. The number of aromatic nitrogens is 3. The zero-order valence-corrected chi connectivity index (χ0v) is 17.3. The molecule has 9 heteroatoms. The average Bonchev–Trinajstić information content (AvgIpc) is 3.42. The number of rotatable bonds is 6. The third-order valence-corrected chi connectivity index (χ3v) is 6.74. The van der Waals surface area contributed by atoms with Gasteiger partial charge in [-0.1, -0.05) is 42.1 Å². The van der Waals surface area contributed by atoms with Crippen LogP contribution in [0.25, 0.3) is 5.69 Å². The van der Waals surface area contributed by atoms with Crippen LogP contribution in [0.1, 0.15) is 10.9 Å². The van der Waals surface area contributed by atoms with E-state index in [9.17, 15) is 9.18 Å². The lowest BCUT2D eigenvalue weighted by Crippen LogP contribution is -2.32. The Morgan fingerprint density at radius 2 is 2.07 bits per heavy atom. The summed E-state index contributed by atoms with van der Waals surface area (Å²) in [7, 11) is 1.60. The second-order valence-electron chi connectivity index (χ2n) is 6.28. The number of nitrogens with zero attached hydrogens (tertiary/aromatic N) is 4. The Hall–Kier alpha value is -2.52. The molecule has 4 rings (SSSR count). The summed E-state index contributed by atoms with van der Waals surface area (Å²) < 4.78 is 21.4. The number of methoxy groups -OCH3 is 1. The Balaban J connectivity index is 1.48. The third kappa shape index (κ3) is 4.11. The van der Waals surface area contributed by atoms with E-state index < -0.39 is 0 Å². The first-order valence-electron chi connectivity index (χ1n) is 9.00. The standard InChI is InChI=1S/C20H19FN4O2S2/c1-27-17-9-5-4-8-16(17)25-13-22-23-20(25)29-12-18(26)24-10-11-28-19(24)14-6-2-3-7-15(14)21/h2-9,13,19H,10-12H2,1H3. The van der Waals surface area contributed by atoms with Gasteiger partial charge in [-0.2, -0.15) is 0 Å². The number of benzene rings is 2. The second-order valence-corrected chi connectivity index (χ2v) is 8.41. The van der Waals surface area contributed by atoms with Crippen LogP contribution >= 0.6 is 23.5 Å². The van der Waals surface area contributed by atoms with Crippen LogP contribution in [0.4, 0.5) is 4.39 Å². The van der Waals surface area contributed by atoms with Gasteiger partial charge in [0.05, 0.1) is 18.6 Å². The van der Waals surface area contributed by atoms with E-state index in [0.717, 1.165) is 11.4 Å². The molecule has 0 bridgehead atoms. The average molecular weight is 431 g/mol. The normalized spacial score (nSPS) is 16.2. The molecule has 0 saturated carbocycles. The third-order valence-electron chi connectivity index (χ3n) is 4.57. The zero-order valence-electron chi connectivity index (χ0n) is 15.7. The maximum Gasteiger partial charge on any atom is 0.234 e. The topological polar surface area (TPSA) is 60.2 Å². The van der Waals surface area contributed by atoms with E-state index in [1.807, 2.05) is 24.3 Å². The molecule has 6 nitrogen and oxygen atoms in total. The van der Waals surface area contributed by atoms with Crippen molar-refractivity contribution in [2.45, 2.75) is 10.5 Å². The molecule has 1 aliphatic heterocycles. The lowest BCUT2D eigenvalue weighted by Gasteiger charge is -2.24. The number of hydrogen-bond acceptors (Lipinski definition) is 6. The summed E-state index contributed by atoms with van der Waals surface area (Å²) in [5.41, 5.74) is 1.35. The fourth-order valence-electron chi connectivity index (χ4n) is 3.18. The molecule has 0 radical (unpaired) electrons. The lowest BCUT2D eigenvalue weighted by molar-refractivity contribution is -0.128. The van der Waals surface area contributed by atoms with Gasteiger partial charge in [-0.05, 0) is 18.2 Å². The number of halogens is 1. The Kier molecular flexibility index (Phi) is 6.05. The molecule has 1 aromatic heterocycles. The summed E-state index contributed by atoms with van der Waals surface area (Å²) in [4.78, 5) is 14.6. The Morgan fingerprint density at radius 3 is 2.90 bits per heavy atom. The first kappa shape index (κ1) is 19.8. The number of hydrogen-bond donors (Lipinski definition) is 0. The molecule has 1 saturated heterocycles. The van der Waals surface area contributed by atoms with Crippen LogP contribution in [0, 0.1) is 5.82 Å². The molecule has 1 aliphatic rings. The smallest absolute Gasteiger partial charge is 0.234 e. The van der Waals surface area contributed by atoms with Gasteiger partial charge in [-0.3, -0.25) is 9.36 Å². The van der Waals surface area contributed by atoms with Gasteiger partial charge < -0.3 is 9.64 Å². The number of thioether (sulfide) groups is 2. The molecule has 0 N–H and O–H groups in total. The molecule has 1 fully saturated rings. The van der Waals surface area contributed by atoms with Crippen molar-refractivity contribution in [1.29, 1.82) is 0 Å². The summed E-state index contributed by atoms with van der Waals surface area (Å²) in [5.74, 6) is 1.33. The van der Waals surface area contributed by atoms with Crippen molar-refractivity contribution >= 4 is 29.4 Å². The Bertz CT molecular complexity index is 1010. The fourth-order valence-corrected chi connectivity index (χ4v) is 5.29. The van der Waals surface area contributed by atoms with Crippen LogP contribution < -0.4 is 4.74 Å². The molecule has 1 unspecified atom stereocenters. The lowest BCUT2D eigenvalue weighted by atomic mass is 10.2. The predicted molar refractivity (Wildman–Crippen MR) is 112 cm³/mol. The first-order valence-corrected chi connectivity index (χ1v) is 11.0. The minimum atomic E-state index is -0.295. The van der Waals surface area contributed by atoms with Gasteiger partial charge in [0.1, 0.15) is 23.3 Å². The maximum absolute atomic E-state index is 14.2. The fraction of sp³-hybridized carbons (Fsp3) is 0.250. The van der Waals surface area contributed by atoms with Crippen LogP contribution in [-0.2, 0) is 4.79 Å². The van der Waals surface area contributed by atoms with E-state index in [0.29, 0.717) is 23.0 Å². The zero-order chi connectivity index (χ0) is 20.2. The Morgan fingerprint density at radius 1 is 1.28 bits per heavy atom. The molecule has 150 valence electrons. The van der Waals surface area contributed by atoms with Crippen molar-refractivity contribution < 1.29 is 13.9 Å². The van der Waals surface area contributed by atoms with E-state index in [1.54, 1.807) is 52.9 Å². The number of carbonyl (C=O) groups excluding carboxylic acids is 1. The van der Waals surface area contributed by atoms with E-state index in [4.69, 9.17) is 4.74 Å². The molecular formula is C20H19FN4O2S2. The predicted octanol–water partition coefficient (Wildman–Crippen LogP) is 3.78. The van der Waals surface area contributed by atoms with Crippen LogP contribution in [0.2, 0.25) is 0 Å². The van der Waals surface area contributed by atoms with Gasteiger partial charge in [0.25, 0.3) is 0 Å². The highest BCUT2D eigenvalue weighted by molar-refractivity contribution is 8.00. The SMILES string of the molecule is COc1ccccc1-n1cnnc1SCC(=O)N1CCSC1c1ccccc1F. The van der Waals surface area contributed by atoms with Crippen LogP contribution in [0.5, 0.6) is 5.75 Å². The summed E-state index contributed by atoms with van der Waals surface area (Å²) >= 11 is 2.88. The minimum Gasteiger partial charge on any atom is -0.495 e. The maximum atomic E-state index is 14.2. The van der Waals surface area contributed by atoms with Crippen molar-refractivity contribution in [1.82, 2.24) is 19.7 Å². The van der Waals surface area contributed by atoms with Gasteiger partial charge in [0, 0.05) is 17.9 Å². The summed E-state index contributed by atoms with van der Waals surface area (Å²) in [6.45, 7) is 0.599. The van der Waals surface area contributed by atoms with Crippen molar-refractivity contribution in [2.75, 3.05) is 25.2 Å². The van der Waals surface area contributed by atoms with Gasteiger partial charge in [-0.25, -0.2) is 4.39 Å². The molecule has 0 spiro atoms. The highest BCUT2D eigenvalue weighted by Gasteiger charge is 2.32. The van der Waals surface area contributed by atoms with Crippen molar-refractivity contribution in [3.63, 3.8) is 0 Å². The van der Waals surface area contributed by atoms with Gasteiger partial charge >= 0.3 is 0 Å². The highest BCUT2D eigenvalue weighted by Crippen LogP contribution is 2.39. The molecule has 0 aliphatic carbocycles. The van der Waals surface area contributed by atoms with E-state index in [1.165, 1.54) is 17.8 Å². The van der Waals surface area contributed by atoms with E-state index in [2.05, 4.69) is 10.2 Å². The summed E-state index contributed by atoms with van der Waals surface area (Å²) in [6.07, 6.45) is 1.60. The van der Waals surface area contributed by atoms with Crippen LogP contribution in [0.15, 0.2) is 60.0 Å². The number of ether oxygens (including phenoxy) is 1. The summed E-state index contributed by atoms with van der Waals surface area (Å²) in [5, 5.41) is 8.42. The van der Waals surface area contributed by atoms with Crippen molar-refractivity contribution in [2.24, 2.45) is 0 Å². The van der Waals surface area contributed by atoms with Crippen molar-refractivity contribution in [3.05, 3.63) is 66.2 Å². The number of para-hydroxylation sites is 2. The van der Waals surface area contributed by atoms with E-state index >= 15 is 0 Å². The minimum absolute atomic E-state index is 0.0529. The quantitative estimate of drug-likeness (QED) is 0.555. The molecule has 2 aromatic carbocycles. The first-order chi connectivity index (χ1) is 14.2. The largest absolute Gasteiger partial charge is 0.495 e. The van der Waals surface area contributed by atoms with Gasteiger partial charge in [0.15, 0.2) is 5.16 Å². The molecular weight excluding hydrogens is 411 g/mol. The Labute approximate surface area is 176 Å². The van der Waals surface area contributed by atoms with E-state index in [-0.39, 0.29) is 22.9 Å². The van der Waals surface area contributed by atoms with Crippen LogP contribution in [0.3, 0.4) is 0 Å². The van der Waals surface area contributed by atoms with Crippen LogP contribution in [-0.4, -0.2) is 50.7 Å². The number of amides is 1. The monoisotopic (exact) mass is 430 g/mol. The highest BCUT2D eigenvalue weighted by atomic mass is 32.2.